The lowest BCUT2D eigenvalue weighted by Crippen LogP contribution is -2.37. The van der Waals surface area contributed by atoms with Crippen LogP contribution in [0.5, 0.6) is 0 Å². The van der Waals surface area contributed by atoms with Crippen molar-refractivity contribution in [1.82, 2.24) is 14.8 Å². The molecule has 0 N–H and O–H groups in total. The van der Waals surface area contributed by atoms with Gasteiger partial charge in [-0.25, -0.2) is 17.9 Å². The van der Waals surface area contributed by atoms with Gasteiger partial charge in [0.2, 0.25) is 0 Å². The number of carbonyl (C=O) groups excluding carboxylic acids is 1. The predicted molar refractivity (Wildman–Crippen MR) is 109 cm³/mol. The number of alkyl halides is 2. The molecule has 0 bridgehead atoms. The maximum Gasteiger partial charge on any atom is 0.277 e. The standard InChI is InChI=1S/C18H19ClF3N5O2S/c1-3-26(15-8-27(24-16(15)19)13-4-12(20)6-23-7-13)17(28)14(25-29-2)10-30-9-11-5-18(11,21)22/h4,6-8,11H,3,5,9-10H2,1-2H3. The lowest BCUT2D eigenvalue weighted by molar-refractivity contribution is -0.112. The Labute approximate surface area is 180 Å². The molecule has 0 spiro atoms. The quantitative estimate of drug-likeness (QED) is 0.419. The number of pyridine rings is 1. The second-order valence-electron chi connectivity index (χ2n) is 6.56. The van der Waals surface area contributed by atoms with Crippen molar-refractivity contribution in [3.8, 4) is 5.69 Å². The summed E-state index contributed by atoms with van der Waals surface area (Å²) >= 11 is 7.41. The number of nitrogens with zero attached hydrogens (tertiary/aromatic N) is 5. The lowest BCUT2D eigenvalue weighted by Gasteiger charge is -2.20. The number of halogens is 4. The van der Waals surface area contributed by atoms with Gasteiger partial charge in [-0.15, -0.1) is 0 Å². The Hall–Kier alpha value is -2.27. The second kappa shape index (κ2) is 9.25. The minimum absolute atomic E-state index is 0.0245. The third kappa shape index (κ3) is 5.07. The molecule has 2 aromatic rings. The highest BCUT2D eigenvalue weighted by atomic mass is 35.5. The molecule has 2 aromatic heterocycles. The van der Waals surface area contributed by atoms with Crippen LogP contribution in [0.1, 0.15) is 13.3 Å². The normalized spacial score (nSPS) is 17.7. The lowest BCUT2D eigenvalue weighted by atomic mass is 10.3. The van der Waals surface area contributed by atoms with Gasteiger partial charge in [-0.1, -0.05) is 16.8 Å². The first kappa shape index (κ1) is 22.4. The number of amides is 1. The second-order valence-corrected chi connectivity index (χ2v) is 7.95. The Bertz CT molecular complexity index is 956. The van der Waals surface area contributed by atoms with Crippen molar-refractivity contribution in [2.45, 2.75) is 19.3 Å². The van der Waals surface area contributed by atoms with Gasteiger partial charge in [0.05, 0.1) is 24.3 Å². The number of anilines is 1. The average Bonchev–Trinajstić information content (AvgIpc) is 3.13. The van der Waals surface area contributed by atoms with Crippen molar-refractivity contribution in [2.24, 2.45) is 11.1 Å². The van der Waals surface area contributed by atoms with Gasteiger partial charge in [0.15, 0.2) is 10.9 Å². The topological polar surface area (TPSA) is 72.6 Å². The fourth-order valence-corrected chi connectivity index (χ4v) is 4.11. The minimum atomic E-state index is -2.61. The van der Waals surface area contributed by atoms with E-state index in [1.54, 1.807) is 6.92 Å². The molecule has 0 aliphatic heterocycles. The van der Waals surface area contributed by atoms with Gasteiger partial charge in [-0.2, -0.15) is 16.9 Å². The average molecular weight is 462 g/mol. The summed E-state index contributed by atoms with van der Waals surface area (Å²) in [5, 5.41) is 7.90. The summed E-state index contributed by atoms with van der Waals surface area (Å²) < 4.78 is 40.9. The van der Waals surface area contributed by atoms with Crippen molar-refractivity contribution < 1.29 is 22.8 Å². The number of hydrogen-bond donors (Lipinski definition) is 0. The van der Waals surface area contributed by atoms with Crippen LogP contribution in [0.4, 0.5) is 18.9 Å². The molecule has 30 heavy (non-hydrogen) atoms. The first-order chi connectivity index (χ1) is 14.3. The molecule has 7 nitrogen and oxygen atoms in total. The molecule has 1 aliphatic rings. The Morgan fingerprint density at radius 3 is 2.83 bits per heavy atom. The van der Waals surface area contributed by atoms with Crippen molar-refractivity contribution >= 4 is 40.7 Å². The third-order valence-electron chi connectivity index (χ3n) is 4.42. The van der Waals surface area contributed by atoms with Gasteiger partial charge >= 0.3 is 0 Å². The van der Waals surface area contributed by atoms with E-state index in [2.05, 4.69) is 15.2 Å². The summed E-state index contributed by atoms with van der Waals surface area (Å²) in [6, 6.07) is 1.22. The Morgan fingerprint density at radius 2 is 2.23 bits per heavy atom. The molecular formula is C18H19ClF3N5O2S. The first-order valence-electron chi connectivity index (χ1n) is 9.00. The van der Waals surface area contributed by atoms with Crippen molar-refractivity contribution in [3.63, 3.8) is 0 Å². The first-order valence-corrected chi connectivity index (χ1v) is 10.5. The molecular weight excluding hydrogens is 443 g/mol. The van der Waals surface area contributed by atoms with E-state index in [1.165, 1.54) is 46.9 Å². The molecule has 0 radical (unpaired) electrons. The van der Waals surface area contributed by atoms with Gasteiger partial charge in [0.1, 0.15) is 18.6 Å². The highest BCUT2D eigenvalue weighted by Gasteiger charge is 2.56. The summed E-state index contributed by atoms with van der Waals surface area (Å²) in [6.45, 7) is 1.97. The fraction of sp³-hybridized carbons (Fsp3) is 0.444. The Kier molecular flexibility index (Phi) is 6.91. The maximum atomic E-state index is 13.5. The zero-order valence-electron chi connectivity index (χ0n) is 16.2. The van der Waals surface area contributed by atoms with Crippen LogP contribution in [0.15, 0.2) is 29.8 Å². The van der Waals surface area contributed by atoms with E-state index in [9.17, 15) is 18.0 Å². The summed E-state index contributed by atoms with van der Waals surface area (Å²) in [6.07, 6.45) is 3.80. The summed E-state index contributed by atoms with van der Waals surface area (Å²) in [5.41, 5.74) is 0.680. The molecule has 162 valence electrons. The molecule has 1 unspecified atom stereocenters. The SMILES string of the molecule is CCN(C(=O)C(CSCC1CC1(F)F)=NOC)c1cn(-c2cncc(F)c2)nc1Cl. The molecule has 1 aliphatic carbocycles. The van der Waals surface area contributed by atoms with Gasteiger partial charge in [-0.3, -0.25) is 9.78 Å². The van der Waals surface area contributed by atoms with Crippen LogP contribution in [-0.4, -0.2) is 57.5 Å². The molecule has 0 aromatic carbocycles. The molecule has 1 atom stereocenters. The van der Waals surface area contributed by atoms with E-state index in [0.29, 0.717) is 5.69 Å². The number of rotatable bonds is 9. The minimum Gasteiger partial charge on any atom is -0.399 e. The highest BCUT2D eigenvalue weighted by Crippen LogP contribution is 2.50. The van der Waals surface area contributed by atoms with Gasteiger partial charge in [-0.05, 0) is 6.92 Å². The smallest absolute Gasteiger partial charge is 0.277 e. The molecule has 0 saturated heterocycles. The van der Waals surface area contributed by atoms with Crippen LogP contribution >= 0.6 is 23.4 Å². The van der Waals surface area contributed by atoms with E-state index in [4.69, 9.17) is 16.4 Å². The largest absolute Gasteiger partial charge is 0.399 e. The Balaban J connectivity index is 1.76. The van der Waals surface area contributed by atoms with Crippen molar-refractivity contribution in [3.05, 3.63) is 35.6 Å². The van der Waals surface area contributed by atoms with Crippen LogP contribution in [0.2, 0.25) is 5.15 Å². The Morgan fingerprint density at radius 1 is 1.50 bits per heavy atom. The molecule has 3 rings (SSSR count). The van der Waals surface area contributed by atoms with Crippen LogP contribution in [0.25, 0.3) is 5.69 Å². The zero-order valence-corrected chi connectivity index (χ0v) is 17.8. The number of carbonyl (C=O) groups is 1. The number of hydrogen-bond acceptors (Lipinski definition) is 6. The molecule has 1 fully saturated rings. The van der Waals surface area contributed by atoms with Crippen LogP contribution < -0.4 is 4.90 Å². The van der Waals surface area contributed by atoms with E-state index in [-0.39, 0.29) is 41.0 Å². The van der Waals surface area contributed by atoms with E-state index >= 15 is 0 Å². The number of oxime groups is 1. The molecule has 1 saturated carbocycles. The van der Waals surface area contributed by atoms with Gasteiger partial charge < -0.3 is 9.74 Å². The van der Waals surface area contributed by atoms with E-state index in [0.717, 1.165) is 6.20 Å². The monoisotopic (exact) mass is 461 g/mol. The van der Waals surface area contributed by atoms with Crippen molar-refractivity contribution in [2.75, 3.05) is 30.1 Å². The predicted octanol–water partition coefficient (Wildman–Crippen LogP) is 3.80. The fourth-order valence-electron chi connectivity index (χ4n) is 2.75. The van der Waals surface area contributed by atoms with Crippen LogP contribution in [-0.2, 0) is 9.63 Å². The third-order valence-corrected chi connectivity index (χ3v) is 5.81. The maximum absolute atomic E-state index is 13.5. The zero-order chi connectivity index (χ0) is 21.9. The summed E-state index contributed by atoms with van der Waals surface area (Å²) in [5.74, 6) is -3.99. The summed E-state index contributed by atoms with van der Waals surface area (Å²) in [4.78, 5) is 22.9. The molecule has 12 heteroatoms. The van der Waals surface area contributed by atoms with Crippen molar-refractivity contribution in [1.29, 1.82) is 0 Å². The van der Waals surface area contributed by atoms with Gasteiger partial charge in [0, 0.05) is 36.5 Å². The number of aromatic nitrogens is 3. The highest BCUT2D eigenvalue weighted by molar-refractivity contribution is 8.00. The number of thioether (sulfide) groups is 1. The molecule has 2 heterocycles. The van der Waals surface area contributed by atoms with Crippen LogP contribution in [0.3, 0.4) is 0 Å². The van der Waals surface area contributed by atoms with Crippen LogP contribution in [0, 0.1) is 11.7 Å². The summed E-state index contributed by atoms with van der Waals surface area (Å²) in [7, 11) is 1.30. The van der Waals surface area contributed by atoms with E-state index in [1.807, 2.05) is 0 Å². The van der Waals surface area contributed by atoms with Gasteiger partial charge in [0.25, 0.3) is 11.8 Å². The molecule has 1 amide bonds. The van der Waals surface area contributed by atoms with E-state index < -0.39 is 23.6 Å².